The third-order valence-electron chi connectivity index (χ3n) is 3.52. The van der Waals surface area contributed by atoms with Crippen LogP contribution in [-0.2, 0) is 4.74 Å². The topological polar surface area (TPSA) is 65.9 Å². The molecule has 1 unspecified atom stereocenters. The van der Waals surface area contributed by atoms with E-state index in [-0.39, 0.29) is 6.10 Å². The van der Waals surface area contributed by atoms with E-state index in [4.69, 9.17) is 4.74 Å². The first-order valence-electron chi connectivity index (χ1n) is 8.33. The number of rotatable bonds is 8. The van der Waals surface area contributed by atoms with E-state index in [1.165, 1.54) is 10.1 Å². The summed E-state index contributed by atoms with van der Waals surface area (Å²) in [5, 5.41) is 17.9. The van der Waals surface area contributed by atoms with Crippen LogP contribution in [0, 0.1) is 0 Å². The summed E-state index contributed by atoms with van der Waals surface area (Å²) in [6.45, 7) is 6.00. The Morgan fingerprint density at radius 1 is 1.29 bits per heavy atom. The number of aliphatic imine (C=N–C) groups is 1. The van der Waals surface area contributed by atoms with Crippen molar-refractivity contribution in [3.63, 3.8) is 0 Å². The van der Waals surface area contributed by atoms with Crippen LogP contribution in [0.15, 0.2) is 35.3 Å². The van der Waals surface area contributed by atoms with Crippen LogP contribution in [0.1, 0.15) is 31.2 Å². The van der Waals surface area contributed by atoms with Gasteiger partial charge in [-0.1, -0.05) is 18.2 Å². The van der Waals surface area contributed by atoms with Crippen molar-refractivity contribution in [2.75, 3.05) is 26.7 Å². The lowest BCUT2D eigenvalue weighted by Crippen LogP contribution is -2.40. The van der Waals surface area contributed by atoms with Gasteiger partial charge in [0.2, 0.25) is 0 Å². The van der Waals surface area contributed by atoms with Gasteiger partial charge in [0.25, 0.3) is 0 Å². The van der Waals surface area contributed by atoms with Crippen molar-refractivity contribution in [1.29, 1.82) is 0 Å². The summed E-state index contributed by atoms with van der Waals surface area (Å²) in [4.78, 5) is 5.14. The molecule has 0 amide bonds. The van der Waals surface area contributed by atoms with Crippen LogP contribution >= 0.6 is 11.3 Å². The van der Waals surface area contributed by atoms with Crippen molar-refractivity contribution < 1.29 is 9.84 Å². The number of fused-ring (bicyclic) bond motifs is 1. The Labute approximate surface area is 147 Å². The molecule has 1 atom stereocenters. The van der Waals surface area contributed by atoms with Crippen molar-refractivity contribution in [3.8, 4) is 0 Å². The highest BCUT2D eigenvalue weighted by Crippen LogP contribution is 2.29. The van der Waals surface area contributed by atoms with Crippen LogP contribution in [0.2, 0.25) is 0 Å². The number of guanidine groups is 1. The van der Waals surface area contributed by atoms with Gasteiger partial charge in [-0.3, -0.25) is 4.99 Å². The van der Waals surface area contributed by atoms with Crippen LogP contribution in [-0.4, -0.2) is 43.9 Å². The first kappa shape index (κ1) is 18.7. The first-order chi connectivity index (χ1) is 11.6. The Kier molecular flexibility index (Phi) is 7.49. The number of aliphatic hydroxyl groups is 1. The molecule has 0 saturated heterocycles. The Morgan fingerprint density at radius 3 is 2.79 bits per heavy atom. The number of nitrogens with zero attached hydrogens (tertiary/aromatic N) is 1. The van der Waals surface area contributed by atoms with Crippen molar-refractivity contribution >= 4 is 27.4 Å². The number of thiophene rings is 1. The number of hydrogen-bond donors (Lipinski definition) is 3. The maximum absolute atomic E-state index is 10.4. The Morgan fingerprint density at radius 2 is 2.08 bits per heavy atom. The highest BCUT2D eigenvalue weighted by Gasteiger charge is 2.12. The molecule has 24 heavy (non-hydrogen) atoms. The third-order valence-corrected chi connectivity index (χ3v) is 4.74. The molecule has 132 valence electrons. The minimum Gasteiger partial charge on any atom is -0.386 e. The molecule has 2 rings (SSSR count). The van der Waals surface area contributed by atoms with E-state index in [1.807, 2.05) is 32.0 Å². The zero-order valence-electron chi connectivity index (χ0n) is 14.6. The molecule has 3 N–H and O–H groups in total. The van der Waals surface area contributed by atoms with E-state index in [1.54, 1.807) is 18.4 Å². The van der Waals surface area contributed by atoms with Crippen molar-refractivity contribution in [1.82, 2.24) is 10.6 Å². The maximum Gasteiger partial charge on any atom is 0.191 e. The van der Waals surface area contributed by atoms with E-state index >= 15 is 0 Å². The third kappa shape index (κ3) is 5.78. The Hall–Kier alpha value is -1.63. The van der Waals surface area contributed by atoms with Crippen molar-refractivity contribution in [2.45, 2.75) is 32.5 Å². The zero-order chi connectivity index (χ0) is 17.4. The minimum atomic E-state index is -0.551. The number of benzene rings is 1. The summed E-state index contributed by atoms with van der Waals surface area (Å²) in [6.07, 6.45) is 0.627. The molecule has 0 aliphatic carbocycles. The van der Waals surface area contributed by atoms with E-state index in [0.29, 0.717) is 12.5 Å². The van der Waals surface area contributed by atoms with Crippen LogP contribution < -0.4 is 10.6 Å². The fourth-order valence-corrected chi connectivity index (χ4v) is 3.33. The fourth-order valence-electron chi connectivity index (χ4n) is 2.28. The molecule has 1 aromatic heterocycles. The van der Waals surface area contributed by atoms with Crippen molar-refractivity contribution in [2.24, 2.45) is 4.99 Å². The van der Waals surface area contributed by atoms with Crippen molar-refractivity contribution in [3.05, 3.63) is 35.2 Å². The van der Waals surface area contributed by atoms with E-state index in [2.05, 4.69) is 27.8 Å². The van der Waals surface area contributed by atoms with Crippen LogP contribution in [0.25, 0.3) is 10.1 Å². The van der Waals surface area contributed by atoms with Gasteiger partial charge in [0.15, 0.2) is 5.96 Å². The lowest BCUT2D eigenvalue weighted by Gasteiger charge is -2.15. The molecule has 0 aliphatic rings. The van der Waals surface area contributed by atoms with Gasteiger partial charge in [0.05, 0.1) is 6.10 Å². The van der Waals surface area contributed by atoms with Gasteiger partial charge >= 0.3 is 0 Å². The van der Waals surface area contributed by atoms with Crippen LogP contribution in [0.5, 0.6) is 0 Å². The average molecular weight is 350 g/mol. The van der Waals surface area contributed by atoms with Gasteiger partial charge < -0.3 is 20.5 Å². The number of hydrogen-bond acceptors (Lipinski definition) is 4. The summed E-state index contributed by atoms with van der Waals surface area (Å²) in [5.74, 6) is 0.694. The van der Waals surface area contributed by atoms with Gasteiger partial charge in [-0.25, -0.2) is 0 Å². The molecule has 0 aliphatic heterocycles. The van der Waals surface area contributed by atoms with E-state index in [9.17, 15) is 5.11 Å². The van der Waals surface area contributed by atoms with Gasteiger partial charge in [-0.15, -0.1) is 11.3 Å². The maximum atomic E-state index is 10.4. The number of nitrogens with one attached hydrogen (secondary N) is 2. The smallest absolute Gasteiger partial charge is 0.191 e. The monoisotopic (exact) mass is 349 g/mol. The van der Waals surface area contributed by atoms with Gasteiger partial charge in [0, 0.05) is 36.3 Å². The lowest BCUT2D eigenvalue weighted by atomic mass is 10.2. The molecule has 2 aromatic rings. The quantitative estimate of drug-likeness (QED) is 0.389. The second-order valence-corrected chi connectivity index (χ2v) is 6.97. The Balaban J connectivity index is 1.75. The van der Waals surface area contributed by atoms with Gasteiger partial charge in [-0.05, 0) is 37.8 Å². The SMILES string of the molecule is CN=C(NCCCOC(C)C)NCC(O)c1cc2ccccc2s1. The second kappa shape index (κ2) is 9.61. The molecule has 0 fully saturated rings. The molecule has 0 radical (unpaired) electrons. The summed E-state index contributed by atoms with van der Waals surface area (Å²) < 4.78 is 6.70. The second-order valence-electron chi connectivity index (χ2n) is 5.86. The molecule has 0 saturated carbocycles. The molecular weight excluding hydrogens is 322 g/mol. The summed E-state index contributed by atoms with van der Waals surface area (Å²) >= 11 is 1.62. The first-order valence-corrected chi connectivity index (χ1v) is 9.14. The molecule has 1 heterocycles. The summed E-state index contributed by atoms with van der Waals surface area (Å²) in [7, 11) is 1.73. The largest absolute Gasteiger partial charge is 0.386 e. The molecular formula is C18H27N3O2S. The molecule has 5 nitrogen and oxygen atoms in total. The number of ether oxygens (including phenoxy) is 1. The highest BCUT2D eigenvalue weighted by molar-refractivity contribution is 7.19. The van der Waals surface area contributed by atoms with Gasteiger partial charge in [-0.2, -0.15) is 0 Å². The van der Waals surface area contributed by atoms with Gasteiger partial charge in [0.1, 0.15) is 6.10 Å². The summed E-state index contributed by atoms with van der Waals surface area (Å²) in [5.41, 5.74) is 0. The molecule has 0 bridgehead atoms. The fraction of sp³-hybridized carbons (Fsp3) is 0.500. The minimum absolute atomic E-state index is 0.263. The van der Waals surface area contributed by atoms with E-state index in [0.717, 1.165) is 24.4 Å². The molecule has 6 heteroatoms. The normalized spacial score (nSPS) is 13.5. The van der Waals surface area contributed by atoms with Crippen LogP contribution in [0.3, 0.4) is 0 Å². The van der Waals surface area contributed by atoms with Crippen LogP contribution in [0.4, 0.5) is 0 Å². The summed E-state index contributed by atoms with van der Waals surface area (Å²) in [6, 6.07) is 10.2. The zero-order valence-corrected chi connectivity index (χ0v) is 15.4. The Bertz CT molecular complexity index is 622. The van der Waals surface area contributed by atoms with E-state index < -0.39 is 6.10 Å². The average Bonchev–Trinajstić information content (AvgIpc) is 3.01. The highest BCUT2D eigenvalue weighted by atomic mass is 32.1. The predicted octanol–water partition coefficient (Wildman–Crippen LogP) is 2.91. The molecule has 1 aromatic carbocycles. The predicted molar refractivity (Wildman–Crippen MR) is 102 cm³/mol. The standard InChI is InChI=1S/C18H27N3O2S/c1-13(2)23-10-6-9-20-18(19-3)21-12-15(22)17-11-14-7-4-5-8-16(14)24-17/h4-5,7-8,11,13,15,22H,6,9-10,12H2,1-3H3,(H2,19,20,21). The molecule has 0 spiro atoms. The number of aliphatic hydroxyl groups excluding tert-OH is 1. The lowest BCUT2D eigenvalue weighted by molar-refractivity contribution is 0.0776.